The summed E-state index contributed by atoms with van der Waals surface area (Å²) in [6, 6.07) is 44.0. The van der Waals surface area contributed by atoms with Crippen LogP contribution < -0.4 is 0 Å². The van der Waals surface area contributed by atoms with E-state index in [0.717, 1.165) is 65.2 Å². The lowest BCUT2D eigenvalue weighted by atomic mass is 9.81. The molecule has 0 amide bonds. The zero-order chi connectivity index (χ0) is 42.0. The van der Waals surface area contributed by atoms with Gasteiger partial charge in [-0.25, -0.2) is 15.0 Å². The molecule has 0 spiro atoms. The quantitative estimate of drug-likeness (QED) is 0.170. The van der Waals surface area contributed by atoms with Gasteiger partial charge in [0.2, 0.25) is 17.4 Å². The van der Waals surface area contributed by atoms with Crippen molar-refractivity contribution >= 4 is 81.9 Å². The van der Waals surface area contributed by atoms with Gasteiger partial charge in [-0.3, -0.25) is 0 Å². The van der Waals surface area contributed by atoms with E-state index in [9.17, 15) is 15.8 Å². The number of hydrogen-bond acceptors (Lipinski definition) is 11. The molecule has 0 radical (unpaired) electrons. The minimum absolute atomic E-state index is 0.0668. The molecule has 6 aromatic carbocycles. The molecule has 0 saturated carbocycles. The summed E-state index contributed by atoms with van der Waals surface area (Å²) in [5, 5.41) is 41.6. The Kier molecular flexibility index (Phi) is 7.26. The minimum Gasteiger partial charge on any atom is -0.455 e. The molecule has 5 heterocycles. The van der Waals surface area contributed by atoms with E-state index in [1.165, 1.54) is 39.8 Å². The van der Waals surface area contributed by atoms with Gasteiger partial charge in [0.05, 0.1) is 11.1 Å². The van der Waals surface area contributed by atoms with Crippen LogP contribution in [-0.4, -0.2) is 26.2 Å². The number of para-hydroxylation sites is 2. The van der Waals surface area contributed by atoms with Gasteiger partial charge in [0, 0.05) is 54.4 Å². The zero-order valence-corrected chi connectivity index (χ0v) is 33.6. The van der Waals surface area contributed by atoms with Crippen molar-refractivity contribution in [3.63, 3.8) is 0 Å². The first-order valence-corrected chi connectivity index (χ1v) is 20.5. The van der Waals surface area contributed by atoms with Crippen LogP contribution in [0.1, 0.15) is 48.0 Å². The summed E-state index contributed by atoms with van der Waals surface area (Å²) in [7, 11) is 0. The number of nitriles is 3. The molecular weight excluding hydrogens is 789 g/mol. The predicted molar refractivity (Wildman–Crippen MR) is 241 cm³/mol. The molecule has 0 aliphatic heterocycles. The van der Waals surface area contributed by atoms with Gasteiger partial charge in [0.1, 0.15) is 39.8 Å². The van der Waals surface area contributed by atoms with Gasteiger partial charge in [-0.2, -0.15) is 20.8 Å². The zero-order valence-electron chi connectivity index (χ0n) is 32.8. The molecular formula is C51H26N8O2S. The molecule has 11 aromatic rings. The highest BCUT2D eigenvalue weighted by Gasteiger charge is 2.36. The van der Waals surface area contributed by atoms with E-state index in [4.69, 9.17) is 14.2 Å². The van der Waals surface area contributed by atoms with Crippen LogP contribution in [0.4, 0.5) is 0 Å². The largest absolute Gasteiger partial charge is 0.455 e. The molecule has 0 saturated heterocycles. The fourth-order valence-corrected chi connectivity index (χ4v) is 10.4. The Hall–Kier alpha value is -8.56. The topological polar surface area (TPSA) is 173 Å². The number of fused-ring (bicyclic) bond motifs is 12. The predicted octanol–water partition coefficient (Wildman–Crippen LogP) is 12.4. The molecule has 1 aliphatic rings. The summed E-state index contributed by atoms with van der Waals surface area (Å²) < 4.78 is 14.0. The van der Waals surface area contributed by atoms with E-state index >= 15 is 0 Å². The fraction of sp³-hybridized carbons (Fsp3) is 0.0588. The van der Waals surface area contributed by atoms with E-state index < -0.39 is 0 Å². The third-order valence-electron chi connectivity index (χ3n) is 12.3. The number of benzene rings is 6. The summed E-state index contributed by atoms with van der Waals surface area (Å²) in [5.41, 5.74) is 13.3. The first kappa shape index (κ1) is 35.4. The summed E-state index contributed by atoms with van der Waals surface area (Å²) in [4.78, 5) is 17.8. The number of hydrogen-bond donors (Lipinski definition) is 1. The van der Waals surface area contributed by atoms with Crippen molar-refractivity contribution in [2.24, 2.45) is 0 Å². The van der Waals surface area contributed by atoms with Gasteiger partial charge in [-0.05, 0) is 80.9 Å². The lowest BCUT2D eigenvalue weighted by molar-refractivity contribution is 0.651. The molecule has 1 N–H and O–H groups in total. The summed E-state index contributed by atoms with van der Waals surface area (Å²) >= 11 is 1.50. The van der Waals surface area contributed by atoms with Crippen LogP contribution in [-0.2, 0) is 5.41 Å². The highest BCUT2D eigenvalue weighted by atomic mass is 32.1. The number of nitrogens with one attached hydrogen (secondary N) is 1. The van der Waals surface area contributed by atoms with Crippen LogP contribution in [0.5, 0.6) is 0 Å². The maximum atomic E-state index is 9.86. The van der Waals surface area contributed by atoms with Crippen LogP contribution in [0.2, 0.25) is 0 Å². The number of aromatic nitrogens is 4. The Morgan fingerprint density at radius 1 is 0.581 bits per heavy atom. The fourth-order valence-electron chi connectivity index (χ4n) is 9.36. The average Bonchev–Trinajstić information content (AvgIpc) is 4.05. The van der Waals surface area contributed by atoms with Crippen molar-refractivity contribution in [1.82, 2.24) is 19.9 Å². The highest BCUT2D eigenvalue weighted by Crippen LogP contribution is 2.51. The summed E-state index contributed by atoms with van der Waals surface area (Å²) in [6.07, 6.45) is 1.20. The van der Waals surface area contributed by atoms with Crippen LogP contribution >= 0.6 is 11.3 Å². The monoisotopic (exact) mass is 814 g/mol. The number of rotatable bonds is 4. The molecule has 10 nitrogen and oxygen atoms in total. The maximum Gasteiger partial charge on any atom is 0.236 e. The first-order chi connectivity index (χ1) is 30.3. The van der Waals surface area contributed by atoms with E-state index in [0.29, 0.717) is 32.5 Å². The van der Waals surface area contributed by atoms with E-state index in [1.54, 1.807) is 0 Å². The molecule has 0 unspecified atom stereocenters. The Labute approximate surface area is 355 Å². The van der Waals surface area contributed by atoms with Crippen molar-refractivity contribution < 1.29 is 8.83 Å². The van der Waals surface area contributed by atoms with Gasteiger partial charge in [0.15, 0.2) is 5.69 Å². The molecule has 5 aromatic heterocycles. The number of thiophene rings is 1. The Morgan fingerprint density at radius 2 is 1.21 bits per heavy atom. The molecule has 62 heavy (non-hydrogen) atoms. The molecule has 1 aliphatic carbocycles. The van der Waals surface area contributed by atoms with Crippen LogP contribution in [0, 0.1) is 39.4 Å². The Balaban J connectivity index is 0.919. The Bertz CT molecular complexity index is 3980. The second-order valence-corrected chi connectivity index (χ2v) is 16.9. The maximum absolute atomic E-state index is 9.86. The summed E-state index contributed by atoms with van der Waals surface area (Å²) in [5.74, 6) is -0.0564. The van der Waals surface area contributed by atoms with Crippen molar-refractivity contribution in [2.45, 2.75) is 19.3 Å². The molecule has 11 heteroatoms. The molecule has 0 atom stereocenters. The third kappa shape index (κ3) is 4.90. The van der Waals surface area contributed by atoms with E-state index in [1.807, 2.05) is 42.5 Å². The summed E-state index contributed by atoms with van der Waals surface area (Å²) in [6.45, 7) is 4.56. The van der Waals surface area contributed by atoms with Crippen molar-refractivity contribution in [3.05, 3.63) is 143 Å². The van der Waals surface area contributed by atoms with Crippen LogP contribution in [0.3, 0.4) is 0 Å². The molecule has 0 fully saturated rings. The number of nitrogens with zero attached hydrogens (tertiary/aromatic N) is 7. The number of furan rings is 2. The average molecular weight is 815 g/mol. The molecule has 288 valence electrons. The minimum atomic E-state index is -0.281. The third-order valence-corrected chi connectivity index (χ3v) is 13.4. The lowest BCUT2D eigenvalue weighted by Gasteiger charge is -2.22. The van der Waals surface area contributed by atoms with Gasteiger partial charge in [-0.15, -0.1) is 11.3 Å². The van der Waals surface area contributed by atoms with Crippen molar-refractivity contribution in [2.75, 3.05) is 0 Å². The molecule has 12 rings (SSSR count). The highest BCUT2D eigenvalue weighted by molar-refractivity contribution is 7.25. The van der Waals surface area contributed by atoms with Gasteiger partial charge >= 0.3 is 0 Å². The Morgan fingerprint density at radius 3 is 1.90 bits per heavy atom. The second-order valence-electron chi connectivity index (χ2n) is 15.9. The van der Waals surface area contributed by atoms with E-state index in [-0.39, 0.29) is 28.5 Å². The SMILES string of the molecule is CC1(C)c2cc(-c3ccc4c(c3)oc3c(-c5cccc6c5oc5nc(C#N)nc(C#N)c56)cccc34)ccc2-c2ccc(-c3ccc4sc5nc(C#N)nc(C=N)c5c4c3)cc21. The standard InChI is InChI=1S/C51H26N8O2S/c1-51(2)37-18-26(25-12-16-42-36(17-25)46-40(22-53)57-44(24-55)59-50(46)62-42)9-13-29(37)30-14-10-27(19-38(30)51)28-11-15-31-32-5-3-6-33(47(32)60-41(31)20-28)34-7-4-8-35-45-39(21-52)56-43(23-54)58-49(45)61-48(34)35/h3-20,22,53H,1-2H3. The van der Waals surface area contributed by atoms with Gasteiger partial charge in [-0.1, -0.05) is 86.6 Å². The molecule has 0 bridgehead atoms. The first-order valence-electron chi connectivity index (χ1n) is 19.7. The van der Waals surface area contributed by atoms with Crippen molar-refractivity contribution in [1.29, 1.82) is 21.2 Å². The van der Waals surface area contributed by atoms with Gasteiger partial charge < -0.3 is 14.2 Å². The van der Waals surface area contributed by atoms with Crippen LogP contribution in [0.25, 0.3) is 109 Å². The van der Waals surface area contributed by atoms with Crippen LogP contribution in [0.15, 0.2) is 118 Å². The van der Waals surface area contributed by atoms with Gasteiger partial charge in [0.25, 0.3) is 0 Å². The lowest BCUT2D eigenvalue weighted by Crippen LogP contribution is -2.15. The second kappa shape index (κ2) is 12.7. The van der Waals surface area contributed by atoms with Crippen molar-refractivity contribution in [3.8, 4) is 62.7 Å². The smallest absolute Gasteiger partial charge is 0.236 e. The van der Waals surface area contributed by atoms with E-state index in [2.05, 4.69) is 119 Å². The normalized spacial score (nSPS) is 12.8.